The molecular weight excluding hydrogens is 277 g/mol. The van der Waals surface area contributed by atoms with Gasteiger partial charge in [-0.1, -0.05) is 6.07 Å². The Morgan fingerprint density at radius 1 is 1.25 bits per heavy atom. The summed E-state index contributed by atoms with van der Waals surface area (Å²) < 4.78 is 18.5. The predicted octanol–water partition coefficient (Wildman–Crippen LogP) is 3.65. The Bertz CT molecular complexity index is 744. The number of rotatable bonds is 4. The number of nitrogens with zero attached hydrogens (tertiary/aromatic N) is 2. The van der Waals surface area contributed by atoms with E-state index in [1.165, 1.54) is 17.8 Å². The number of pyridine rings is 1. The predicted molar refractivity (Wildman–Crippen MR) is 75.6 cm³/mol. The van der Waals surface area contributed by atoms with Crippen LogP contribution in [0, 0.1) is 5.95 Å². The standard InChI is InChI=1S/C14H12FN3OS/c1-2-19-9-6-7-10-11(8-9)17-14(16-10)20-13-5-3-4-12(15)18-13/h3-8H,2H2,1H3,(H,16,17). The van der Waals surface area contributed by atoms with E-state index < -0.39 is 5.95 Å². The van der Waals surface area contributed by atoms with E-state index in [4.69, 9.17) is 4.74 Å². The third-order valence-corrected chi connectivity index (χ3v) is 3.46. The van der Waals surface area contributed by atoms with Gasteiger partial charge in [0.1, 0.15) is 10.8 Å². The van der Waals surface area contributed by atoms with Gasteiger partial charge < -0.3 is 9.72 Å². The van der Waals surface area contributed by atoms with E-state index in [0.29, 0.717) is 16.8 Å². The maximum Gasteiger partial charge on any atom is 0.213 e. The highest BCUT2D eigenvalue weighted by atomic mass is 32.2. The van der Waals surface area contributed by atoms with Gasteiger partial charge in [-0.05, 0) is 43.0 Å². The van der Waals surface area contributed by atoms with Crippen molar-refractivity contribution in [1.29, 1.82) is 0 Å². The van der Waals surface area contributed by atoms with E-state index in [0.717, 1.165) is 16.8 Å². The topological polar surface area (TPSA) is 50.8 Å². The van der Waals surface area contributed by atoms with Crippen molar-refractivity contribution >= 4 is 22.8 Å². The molecule has 1 N–H and O–H groups in total. The third-order valence-electron chi connectivity index (χ3n) is 2.63. The Balaban J connectivity index is 1.89. The zero-order valence-electron chi connectivity index (χ0n) is 10.8. The number of halogens is 1. The molecule has 0 aliphatic carbocycles. The summed E-state index contributed by atoms with van der Waals surface area (Å²) in [7, 11) is 0. The van der Waals surface area contributed by atoms with Crippen molar-refractivity contribution in [1.82, 2.24) is 15.0 Å². The molecule has 0 radical (unpaired) electrons. The average molecular weight is 289 g/mol. The Hall–Kier alpha value is -2.08. The number of imidazole rings is 1. The molecule has 4 nitrogen and oxygen atoms in total. The fourth-order valence-corrected chi connectivity index (χ4v) is 2.60. The van der Waals surface area contributed by atoms with Crippen LogP contribution in [0.2, 0.25) is 0 Å². The molecule has 0 saturated heterocycles. The first-order chi connectivity index (χ1) is 9.74. The van der Waals surface area contributed by atoms with Crippen LogP contribution >= 0.6 is 11.8 Å². The van der Waals surface area contributed by atoms with E-state index in [1.54, 1.807) is 12.1 Å². The maximum absolute atomic E-state index is 13.0. The molecule has 3 aromatic rings. The molecule has 0 saturated carbocycles. The lowest BCUT2D eigenvalue weighted by molar-refractivity contribution is 0.340. The number of hydrogen-bond donors (Lipinski definition) is 1. The van der Waals surface area contributed by atoms with Crippen LogP contribution in [0.5, 0.6) is 5.75 Å². The van der Waals surface area contributed by atoms with Gasteiger partial charge in [-0.3, -0.25) is 0 Å². The van der Waals surface area contributed by atoms with Crippen LogP contribution in [0.4, 0.5) is 4.39 Å². The number of benzene rings is 1. The zero-order valence-corrected chi connectivity index (χ0v) is 11.6. The SMILES string of the molecule is CCOc1ccc2nc(Sc3cccc(F)n3)[nH]c2c1. The summed E-state index contributed by atoms with van der Waals surface area (Å²) >= 11 is 1.29. The average Bonchev–Trinajstić information content (AvgIpc) is 2.80. The van der Waals surface area contributed by atoms with E-state index >= 15 is 0 Å². The smallest absolute Gasteiger partial charge is 0.213 e. The molecule has 0 bridgehead atoms. The van der Waals surface area contributed by atoms with Gasteiger partial charge >= 0.3 is 0 Å². The summed E-state index contributed by atoms with van der Waals surface area (Å²) in [6.45, 7) is 2.56. The van der Waals surface area contributed by atoms with Gasteiger partial charge in [0.2, 0.25) is 5.95 Å². The van der Waals surface area contributed by atoms with Crippen molar-refractivity contribution in [2.24, 2.45) is 0 Å². The van der Waals surface area contributed by atoms with Gasteiger partial charge in [0.25, 0.3) is 0 Å². The molecule has 0 aliphatic heterocycles. The fourth-order valence-electron chi connectivity index (χ4n) is 1.82. The summed E-state index contributed by atoms with van der Waals surface area (Å²) in [5.74, 6) is 0.300. The van der Waals surface area contributed by atoms with Gasteiger partial charge in [0.15, 0.2) is 5.16 Å². The third kappa shape index (κ3) is 2.75. The van der Waals surface area contributed by atoms with Crippen LogP contribution in [0.15, 0.2) is 46.6 Å². The number of H-pyrrole nitrogens is 1. The number of hydrogen-bond acceptors (Lipinski definition) is 4. The van der Waals surface area contributed by atoms with E-state index in [2.05, 4.69) is 15.0 Å². The van der Waals surface area contributed by atoms with Crippen molar-refractivity contribution in [2.75, 3.05) is 6.61 Å². The zero-order chi connectivity index (χ0) is 13.9. The summed E-state index contributed by atoms with van der Waals surface area (Å²) in [5.41, 5.74) is 1.72. The Morgan fingerprint density at radius 3 is 2.95 bits per heavy atom. The molecular formula is C14H12FN3OS. The number of fused-ring (bicyclic) bond motifs is 1. The van der Waals surface area contributed by atoms with Crippen molar-refractivity contribution in [3.63, 3.8) is 0 Å². The van der Waals surface area contributed by atoms with Gasteiger partial charge in [0.05, 0.1) is 17.6 Å². The molecule has 2 aromatic heterocycles. The highest BCUT2D eigenvalue weighted by molar-refractivity contribution is 7.99. The summed E-state index contributed by atoms with van der Waals surface area (Å²) in [5, 5.41) is 1.24. The highest BCUT2D eigenvalue weighted by Gasteiger charge is 2.07. The minimum atomic E-state index is -0.496. The number of nitrogens with one attached hydrogen (secondary N) is 1. The summed E-state index contributed by atoms with van der Waals surface area (Å²) in [4.78, 5) is 11.4. The number of ether oxygens (including phenoxy) is 1. The molecule has 0 unspecified atom stereocenters. The van der Waals surface area contributed by atoms with Gasteiger partial charge in [-0.25, -0.2) is 9.97 Å². The lowest BCUT2D eigenvalue weighted by Crippen LogP contribution is -1.90. The van der Waals surface area contributed by atoms with Crippen LogP contribution in [0.1, 0.15) is 6.92 Å². The molecule has 0 atom stereocenters. The van der Waals surface area contributed by atoms with Gasteiger partial charge in [-0.15, -0.1) is 0 Å². The Kier molecular flexibility index (Phi) is 3.56. The highest BCUT2D eigenvalue weighted by Crippen LogP contribution is 2.27. The lowest BCUT2D eigenvalue weighted by Gasteiger charge is -2.00. The fraction of sp³-hybridized carbons (Fsp3) is 0.143. The van der Waals surface area contributed by atoms with Crippen molar-refractivity contribution in [2.45, 2.75) is 17.1 Å². The van der Waals surface area contributed by atoms with Crippen molar-refractivity contribution in [3.8, 4) is 5.75 Å². The van der Waals surface area contributed by atoms with Crippen LogP contribution in [-0.2, 0) is 0 Å². The molecule has 6 heteroatoms. The number of aromatic amines is 1. The molecule has 3 rings (SSSR count). The second-order valence-electron chi connectivity index (χ2n) is 4.05. The first-order valence-electron chi connectivity index (χ1n) is 6.17. The van der Waals surface area contributed by atoms with Crippen LogP contribution in [0.25, 0.3) is 11.0 Å². The molecule has 102 valence electrons. The molecule has 0 amide bonds. The van der Waals surface area contributed by atoms with Crippen LogP contribution in [-0.4, -0.2) is 21.6 Å². The number of aromatic nitrogens is 3. The summed E-state index contributed by atoms with van der Waals surface area (Å²) in [6.07, 6.45) is 0. The molecule has 2 heterocycles. The second kappa shape index (κ2) is 5.50. The van der Waals surface area contributed by atoms with Crippen LogP contribution < -0.4 is 4.74 Å². The molecule has 0 spiro atoms. The first kappa shape index (κ1) is 12.9. The maximum atomic E-state index is 13.0. The molecule has 0 fully saturated rings. The Labute approximate surface area is 119 Å². The minimum absolute atomic E-state index is 0.496. The van der Waals surface area contributed by atoms with E-state index in [9.17, 15) is 4.39 Å². The molecule has 20 heavy (non-hydrogen) atoms. The quantitative estimate of drug-likeness (QED) is 0.745. The largest absolute Gasteiger partial charge is 0.494 e. The first-order valence-corrected chi connectivity index (χ1v) is 6.99. The molecule has 0 aliphatic rings. The monoisotopic (exact) mass is 289 g/mol. The van der Waals surface area contributed by atoms with Crippen molar-refractivity contribution < 1.29 is 9.13 Å². The van der Waals surface area contributed by atoms with Gasteiger partial charge in [-0.2, -0.15) is 4.39 Å². The summed E-state index contributed by atoms with van der Waals surface area (Å²) in [6, 6.07) is 10.3. The van der Waals surface area contributed by atoms with E-state index in [1.807, 2.05) is 25.1 Å². The van der Waals surface area contributed by atoms with Crippen molar-refractivity contribution in [3.05, 3.63) is 42.3 Å². The molecule has 1 aromatic carbocycles. The van der Waals surface area contributed by atoms with Crippen LogP contribution in [0.3, 0.4) is 0 Å². The van der Waals surface area contributed by atoms with E-state index in [-0.39, 0.29) is 0 Å². The lowest BCUT2D eigenvalue weighted by atomic mass is 10.3. The minimum Gasteiger partial charge on any atom is -0.494 e. The Morgan fingerprint density at radius 2 is 2.15 bits per heavy atom. The normalized spacial score (nSPS) is 10.9. The second-order valence-corrected chi connectivity index (χ2v) is 5.06. The van der Waals surface area contributed by atoms with Gasteiger partial charge in [0, 0.05) is 6.07 Å².